The molecule has 1 aromatic rings. The second-order valence-electron chi connectivity index (χ2n) is 7.68. The summed E-state index contributed by atoms with van der Waals surface area (Å²) >= 11 is 6.07. The number of nitrogens with zero attached hydrogens (tertiary/aromatic N) is 1. The lowest BCUT2D eigenvalue weighted by atomic mass is 9.78. The van der Waals surface area contributed by atoms with Gasteiger partial charge in [0.15, 0.2) is 13.1 Å². The fraction of sp³-hybridized carbons (Fsp3) is 0.600. The summed E-state index contributed by atoms with van der Waals surface area (Å²) in [6.07, 6.45) is 7.31. The molecule has 0 bridgehead atoms. The molecule has 2 fully saturated rings. The lowest BCUT2D eigenvalue weighted by Gasteiger charge is -2.44. The molecule has 3 rings (SSSR count). The fourth-order valence-electron chi connectivity index (χ4n) is 4.39. The fourth-order valence-corrected chi connectivity index (χ4v) is 4.57. The zero-order chi connectivity index (χ0) is 18.5. The largest absolute Gasteiger partial charge is 0.335 e. The molecule has 1 unspecified atom stereocenters. The minimum absolute atomic E-state index is 0.127. The van der Waals surface area contributed by atoms with Gasteiger partial charge in [0.25, 0.3) is 11.8 Å². The molecule has 0 radical (unpaired) electrons. The van der Waals surface area contributed by atoms with Crippen LogP contribution in [0, 0.1) is 5.92 Å². The van der Waals surface area contributed by atoms with E-state index in [9.17, 15) is 9.59 Å². The molecule has 2 N–H and O–H groups in total. The highest BCUT2D eigenvalue weighted by molar-refractivity contribution is 6.33. The average Bonchev–Trinajstić information content (AvgIpc) is 2.63. The molecule has 1 heterocycles. The van der Waals surface area contributed by atoms with Crippen LogP contribution in [0.2, 0.25) is 5.02 Å². The number of quaternary nitrogens is 1. The van der Waals surface area contributed by atoms with E-state index in [0.29, 0.717) is 29.2 Å². The van der Waals surface area contributed by atoms with E-state index in [2.05, 4.69) is 10.2 Å². The predicted octanol–water partition coefficient (Wildman–Crippen LogP) is 1.97. The first kappa shape index (κ1) is 19.2. The standard InChI is InChI=1S/C20H28ClN3O2/c1-23(13-19(25)22-17-10-4-3-9-16(17)21)14-20(26)24-12-6-8-15-7-2-5-11-18(15)24/h3-4,9-10,15,18H,2,5-8,11-14H2,1H3,(H,22,25)/p+1/t15-,18-/m0/s1. The molecular formula is C20H29ClN3O2+. The molecule has 6 heteroatoms. The maximum Gasteiger partial charge on any atom is 0.279 e. The van der Waals surface area contributed by atoms with Crippen LogP contribution in [0.3, 0.4) is 0 Å². The third kappa shape index (κ3) is 4.77. The number of fused-ring (bicyclic) bond motifs is 1. The Hall–Kier alpha value is -1.59. The van der Waals surface area contributed by atoms with Crippen molar-refractivity contribution in [2.75, 3.05) is 32.0 Å². The Morgan fingerprint density at radius 3 is 2.69 bits per heavy atom. The topological polar surface area (TPSA) is 53.9 Å². The number of piperidine rings is 1. The molecule has 1 saturated heterocycles. The number of para-hydroxylation sites is 1. The summed E-state index contributed by atoms with van der Waals surface area (Å²) in [7, 11) is 1.90. The van der Waals surface area contributed by atoms with Gasteiger partial charge >= 0.3 is 0 Å². The Morgan fingerprint density at radius 2 is 1.88 bits per heavy atom. The van der Waals surface area contributed by atoms with Gasteiger partial charge < -0.3 is 15.1 Å². The van der Waals surface area contributed by atoms with Crippen LogP contribution >= 0.6 is 11.6 Å². The van der Waals surface area contributed by atoms with E-state index in [-0.39, 0.29) is 18.4 Å². The third-order valence-corrected chi connectivity index (χ3v) is 5.96. The summed E-state index contributed by atoms with van der Waals surface area (Å²) in [5, 5.41) is 3.34. The van der Waals surface area contributed by atoms with Gasteiger partial charge in [-0.05, 0) is 43.7 Å². The van der Waals surface area contributed by atoms with Crippen LogP contribution in [0.1, 0.15) is 38.5 Å². The summed E-state index contributed by atoms with van der Waals surface area (Å²) in [4.78, 5) is 28.1. The molecule has 142 valence electrons. The average molecular weight is 379 g/mol. The first-order chi connectivity index (χ1) is 12.5. The normalized spacial score (nSPS) is 23.8. The molecule has 1 aliphatic heterocycles. The number of halogens is 1. The van der Waals surface area contributed by atoms with Gasteiger partial charge in [0, 0.05) is 12.6 Å². The SMILES string of the molecule is C[NH+](CC(=O)Nc1ccccc1Cl)CC(=O)N1CCC[C@@H]2CCCC[C@@H]21. The molecule has 1 aromatic carbocycles. The van der Waals surface area contributed by atoms with Gasteiger partial charge in [-0.25, -0.2) is 0 Å². The van der Waals surface area contributed by atoms with Crippen molar-refractivity contribution in [2.45, 2.75) is 44.6 Å². The summed E-state index contributed by atoms with van der Waals surface area (Å²) < 4.78 is 0. The van der Waals surface area contributed by atoms with Crippen LogP contribution in [0.15, 0.2) is 24.3 Å². The van der Waals surface area contributed by atoms with E-state index in [4.69, 9.17) is 11.6 Å². The van der Waals surface area contributed by atoms with Gasteiger partial charge in [-0.2, -0.15) is 0 Å². The highest BCUT2D eigenvalue weighted by Crippen LogP contribution is 2.35. The molecular weight excluding hydrogens is 350 g/mol. The van der Waals surface area contributed by atoms with Crippen molar-refractivity contribution in [2.24, 2.45) is 5.92 Å². The first-order valence-corrected chi connectivity index (χ1v) is 10.1. The van der Waals surface area contributed by atoms with Crippen LogP contribution in [-0.2, 0) is 9.59 Å². The van der Waals surface area contributed by atoms with Crippen molar-refractivity contribution in [1.82, 2.24) is 4.90 Å². The van der Waals surface area contributed by atoms with Gasteiger partial charge in [-0.15, -0.1) is 0 Å². The molecule has 5 nitrogen and oxygen atoms in total. The van der Waals surface area contributed by atoms with Crippen LogP contribution in [0.4, 0.5) is 5.69 Å². The number of likely N-dealkylation sites (N-methyl/N-ethyl adjacent to an activating group) is 1. The first-order valence-electron chi connectivity index (χ1n) is 9.69. The number of amides is 2. The lowest BCUT2D eigenvalue weighted by molar-refractivity contribution is -0.862. The van der Waals surface area contributed by atoms with Gasteiger partial charge in [-0.1, -0.05) is 36.6 Å². The summed E-state index contributed by atoms with van der Waals surface area (Å²) in [5.74, 6) is 0.743. The number of carbonyl (C=O) groups excluding carboxylic acids is 2. The second-order valence-corrected chi connectivity index (χ2v) is 8.09. The van der Waals surface area contributed by atoms with Gasteiger partial charge in [0.2, 0.25) is 0 Å². The minimum atomic E-state index is -0.127. The van der Waals surface area contributed by atoms with Crippen molar-refractivity contribution in [3.8, 4) is 0 Å². The Bertz CT molecular complexity index is 650. The zero-order valence-electron chi connectivity index (χ0n) is 15.5. The number of carbonyl (C=O) groups is 2. The van der Waals surface area contributed by atoms with E-state index >= 15 is 0 Å². The Balaban J connectivity index is 1.50. The number of benzene rings is 1. The molecule has 2 amide bonds. The van der Waals surface area contributed by atoms with E-state index in [0.717, 1.165) is 24.3 Å². The molecule has 0 aromatic heterocycles. The van der Waals surface area contributed by atoms with Crippen LogP contribution < -0.4 is 10.2 Å². The van der Waals surface area contributed by atoms with Crippen LogP contribution in [0.5, 0.6) is 0 Å². The van der Waals surface area contributed by atoms with E-state index in [1.807, 2.05) is 19.2 Å². The number of anilines is 1. The number of likely N-dealkylation sites (tertiary alicyclic amines) is 1. The van der Waals surface area contributed by atoms with Crippen LogP contribution in [-0.4, -0.2) is 49.4 Å². The van der Waals surface area contributed by atoms with E-state index in [1.54, 1.807) is 12.1 Å². The van der Waals surface area contributed by atoms with Crippen molar-refractivity contribution in [3.63, 3.8) is 0 Å². The molecule has 1 aliphatic carbocycles. The van der Waals surface area contributed by atoms with Gasteiger partial charge in [0.05, 0.1) is 17.8 Å². The number of hydrogen-bond acceptors (Lipinski definition) is 2. The summed E-state index contributed by atoms with van der Waals surface area (Å²) in [5.41, 5.74) is 0.611. The third-order valence-electron chi connectivity index (χ3n) is 5.63. The quantitative estimate of drug-likeness (QED) is 0.823. The Kier molecular flexibility index (Phi) is 6.54. The molecule has 26 heavy (non-hydrogen) atoms. The minimum Gasteiger partial charge on any atom is -0.335 e. The smallest absolute Gasteiger partial charge is 0.279 e. The van der Waals surface area contributed by atoms with Crippen molar-refractivity contribution < 1.29 is 14.5 Å². The number of rotatable bonds is 5. The molecule has 0 spiro atoms. The number of hydrogen-bond donors (Lipinski definition) is 2. The highest BCUT2D eigenvalue weighted by Gasteiger charge is 2.36. The lowest BCUT2D eigenvalue weighted by Crippen LogP contribution is -3.11. The summed E-state index contributed by atoms with van der Waals surface area (Å²) in [6.45, 7) is 1.48. The number of nitrogens with one attached hydrogen (secondary N) is 2. The van der Waals surface area contributed by atoms with E-state index in [1.165, 1.54) is 25.7 Å². The molecule has 1 saturated carbocycles. The van der Waals surface area contributed by atoms with Gasteiger partial charge in [0.1, 0.15) is 0 Å². The molecule has 3 atom stereocenters. The second kappa shape index (κ2) is 8.87. The Labute approximate surface area is 160 Å². The maximum absolute atomic E-state index is 12.8. The van der Waals surface area contributed by atoms with Crippen molar-refractivity contribution >= 4 is 29.1 Å². The van der Waals surface area contributed by atoms with Crippen LogP contribution in [0.25, 0.3) is 0 Å². The van der Waals surface area contributed by atoms with Crippen molar-refractivity contribution in [1.29, 1.82) is 0 Å². The zero-order valence-corrected chi connectivity index (χ0v) is 16.2. The monoisotopic (exact) mass is 378 g/mol. The molecule has 2 aliphatic rings. The Morgan fingerprint density at radius 1 is 1.15 bits per heavy atom. The highest BCUT2D eigenvalue weighted by atomic mass is 35.5. The maximum atomic E-state index is 12.8. The van der Waals surface area contributed by atoms with E-state index < -0.39 is 0 Å². The van der Waals surface area contributed by atoms with Crippen molar-refractivity contribution in [3.05, 3.63) is 29.3 Å². The van der Waals surface area contributed by atoms with Gasteiger partial charge in [-0.3, -0.25) is 9.59 Å². The summed E-state index contributed by atoms with van der Waals surface area (Å²) in [6, 6.07) is 7.60. The predicted molar refractivity (Wildman–Crippen MR) is 103 cm³/mol.